The molecular weight excluding hydrogens is 338 g/mol. The molecule has 0 bridgehead atoms. The van der Waals surface area contributed by atoms with E-state index in [9.17, 15) is 0 Å². The van der Waals surface area contributed by atoms with Gasteiger partial charge in [-0.15, -0.1) is 0 Å². The minimum Gasteiger partial charge on any atom is -0.491 e. The van der Waals surface area contributed by atoms with Gasteiger partial charge in [0, 0.05) is 38.4 Å². The molecule has 0 saturated carbocycles. The van der Waals surface area contributed by atoms with Crippen LogP contribution in [0.15, 0.2) is 36.7 Å². The first kappa shape index (κ1) is 17.9. The van der Waals surface area contributed by atoms with Crippen LogP contribution in [0.25, 0.3) is 11.2 Å². The van der Waals surface area contributed by atoms with E-state index in [0.717, 1.165) is 48.7 Å². The third kappa shape index (κ3) is 3.95. The molecule has 0 spiro atoms. The number of ether oxygens (including phenoxy) is 1. The molecule has 142 valence electrons. The highest BCUT2D eigenvalue weighted by Crippen LogP contribution is 2.30. The van der Waals surface area contributed by atoms with Gasteiger partial charge in [-0.25, -0.2) is 14.6 Å². The first-order valence-electron chi connectivity index (χ1n) is 9.71. The summed E-state index contributed by atoms with van der Waals surface area (Å²) in [6.07, 6.45) is 6.00. The first-order valence-corrected chi connectivity index (χ1v) is 9.71. The van der Waals surface area contributed by atoms with E-state index in [4.69, 9.17) is 9.84 Å². The van der Waals surface area contributed by atoms with Crippen molar-refractivity contribution in [2.75, 3.05) is 13.1 Å². The minimum atomic E-state index is 0.193. The molecule has 1 saturated heterocycles. The Balaban J connectivity index is 1.50. The van der Waals surface area contributed by atoms with Crippen LogP contribution in [-0.4, -0.2) is 43.8 Å². The lowest BCUT2D eigenvalue weighted by Gasteiger charge is -2.32. The van der Waals surface area contributed by atoms with Gasteiger partial charge in [0.15, 0.2) is 5.65 Å². The zero-order valence-corrected chi connectivity index (χ0v) is 16.3. The average Bonchev–Trinajstić information content (AvgIpc) is 2.99. The molecule has 0 amide bonds. The van der Waals surface area contributed by atoms with Crippen molar-refractivity contribution in [1.82, 2.24) is 24.6 Å². The van der Waals surface area contributed by atoms with Crippen molar-refractivity contribution >= 4 is 11.2 Å². The molecule has 4 rings (SSSR count). The fourth-order valence-corrected chi connectivity index (χ4v) is 3.95. The number of piperidine rings is 1. The summed E-state index contributed by atoms with van der Waals surface area (Å²) in [5, 5.41) is 4.75. The van der Waals surface area contributed by atoms with Crippen molar-refractivity contribution in [1.29, 1.82) is 0 Å². The van der Waals surface area contributed by atoms with Crippen LogP contribution < -0.4 is 4.74 Å². The van der Waals surface area contributed by atoms with E-state index in [0.29, 0.717) is 5.92 Å². The largest absolute Gasteiger partial charge is 0.491 e. The summed E-state index contributed by atoms with van der Waals surface area (Å²) in [6, 6.07) is 8.45. The predicted molar refractivity (Wildman–Crippen MR) is 106 cm³/mol. The number of aryl methyl sites for hydroxylation is 1. The Bertz CT molecular complexity index is 920. The lowest BCUT2D eigenvalue weighted by molar-refractivity contribution is 0.198. The van der Waals surface area contributed by atoms with E-state index < -0.39 is 0 Å². The van der Waals surface area contributed by atoms with Crippen LogP contribution >= 0.6 is 0 Å². The Morgan fingerprint density at radius 1 is 1.22 bits per heavy atom. The Hall–Kier alpha value is -2.47. The highest BCUT2D eigenvalue weighted by molar-refractivity contribution is 5.73. The number of hydrogen-bond donors (Lipinski definition) is 0. The zero-order valence-electron chi connectivity index (χ0n) is 16.3. The van der Waals surface area contributed by atoms with Crippen LogP contribution in [0.4, 0.5) is 0 Å². The number of likely N-dealkylation sites (tertiary alicyclic amines) is 1. The Kier molecular flexibility index (Phi) is 5.07. The summed E-state index contributed by atoms with van der Waals surface area (Å²) in [6.45, 7) is 7.16. The SMILES string of the molecule is CC(C)Oc1cccc(CN2CCC[C@H](c3nn(C)c4nccnc34)C2)c1. The third-order valence-corrected chi connectivity index (χ3v) is 5.05. The summed E-state index contributed by atoms with van der Waals surface area (Å²) in [7, 11) is 1.95. The van der Waals surface area contributed by atoms with E-state index in [1.54, 1.807) is 12.4 Å². The van der Waals surface area contributed by atoms with Gasteiger partial charge in [0.05, 0.1) is 11.8 Å². The number of fused-ring (bicyclic) bond motifs is 1. The summed E-state index contributed by atoms with van der Waals surface area (Å²) in [5.41, 5.74) is 4.18. The normalized spacial score (nSPS) is 18.3. The van der Waals surface area contributed by atoms with E-state index >= 15 is 0 Å². The molecule has 1 aliphatic heterocycles. The molecule has 1 aromatic carbocycles. The standard InChI is InChI=1S/C21H27N5O/c1-15(2)27-18-8-4-6-16(12-18)13-26-11-5-7-17(14-26)19-20-21(25(3)24-19)23-10-9-22-20/h4,6,8-10,12,15,17H,5,7,11,13-14H2,1-3H3/t17-/m0/s1. The topological polar surface area (TPSA) is 56.1 Å². The Labute approximate surface area is 160 Å². The highest BCUT2D eigenvalue weighted by atomic mass is 16.5. The van der Waals surface area contributed by atoms with Gasteiger partial charge in [-0.2, -0.15) is 5.10 Å². The fourth-order valence-electron chi connectivity index (χ4n) is 3.95. The van der Waals surface area contributed by atoms with Gasteiger partial charge in [-0.1, -0.05) is 12.1 Å². The molecule has 1 fully saturated rings. The molecule has 3 aromatic rings. The smallest absolute Gasteiger partial charge is 0.176 e. The Morgan fingerprint density at radius 2 is 2.07 bits per heavy atom. The van der Waals surface area contributed by atoms with Crippen LogP contribution in [0.1, 0.15) is 43.9 Å². The van der Waals surface area contributed by atoms with E-state index in [1.165, 1.54) is 12.0 Å². The number of benzene rings is 1. The molecule has 2 aromatic heterocycles. The predicted octanol–water partition coefficient (Wildman–Crippen LogP) is 3.53. The van der Waals surface area contributed by atoms with Crippen molar-refractivity contribution in [3.8, 4) is 5.75 Å². The first-order chi connectivity index (χ1) is 13.1. The molecule has 6 nitrogen and oxygen atoms in total. The lowest BCUT2D eigenvalue weighted by Crippen LogP contribution is -2.34. The van der Waals surface area contributed by atoms with Gasteiger partial charge in [-0.3, -0.25) is 4.90 Å². The van der Waals surface area contributed by atoms with Crippen molar-refractivity contribution in [3.05, 3.63) is 47.9 Å². The molecule has 0 radical (unpaired) electrons. The quantitative estimate of drug-likeness (QED) is 0.692. The zero-order chi connectivity index (χ0) is 18.8. The summed E-state index contributed by atoms with van der Waals surface area (Å²) >= 11 is 0. The van der Waals surface area contributed by atoms with Gasteiger partial charge in [-0.05, 0) is 50.9 Å². The summed E-state index contributed by atoms with van der Waals surface area (Å²) in [5.74, 6) is 1.34. The van der Waals surface area contributed by atoms with Crippen molar-refractivity contribution in [3.63, 3.8) is 0 Å². The second kappa shape index (κ2) is 7.64. The van der Waals surface area contributed by atoms with E-state index in [-0.39, 0.29) is 6.10 Å². The number of nitrogens with zero attached hydrogens (tertiary/aromatic N) is 5. The minimum absolute atomic E-state index is 0.193. The van der Waals surface area contributed by atoms with Gasteiger partial charge < -0.3 is 4.74 Å². The molecule has 0 N–H and O–H groups in total. The van der Waals surface area contributed by atoms with Crippen molar-refractivity contribution < 1.29 is 4.74 Å². The maximum absolute atomic E-state index is 5.84. The molecule has 0 unspecified atom stereocenters. The monoisotopic (exact) mass is 365 g/mol. The van der Waals surface area contributed by atoms with E-state index in [2.05, 4.69) is 46.9 Å². The Morgan fingerprint density at radius 3 is 2.93 bits per heavy atom. The van der Waals surface area contributed by atoms with Crippen molar-refractivity contribution in [2.45, 2.75) is 45.3 Å². The average molecular weight is 365 g/mol. The van der Waals surface area contributed by atoms with Crippen LogP contribution in [0, 0.1) is 0 Å². The number of rotatable bonds is 5. The molecular formula is C21H27N5O. The van der Waals surface area contributed by atoms with Crippen LogP contribution in [-0.2, 0) is 13.6 Å². The van der Waals surface area contributed by atoms with Crippen LogP contribution in [0.5, 0.6) is 5.75 Å². The molecule has 0 aliphatic carbocycles. The van der Waals surface area contributed by atoms with E-state index in [1.807, 2.05) is 17.8 Å². The molecule has 6 heteroatoms. The summed E-state index contributed by atoms with van der Waals surface area (Å²) in [4.78, 5) is 11.5. The second-order valence-electron chi connectivity index (χ2n) is 7.63. The van der Waals surface area contributed by atoms with Gasteiger partial charge >= 0.3 is 0 Å². The molecule has 1 atom stereocenters. The molecule has 27 heavy (non-hydrogen) atoms. The van der Waals surface area contributed by atoms with Gasteiger partial charge in [0.2, 0.25) is 0 Å². The van der Waals surface area contributed by atoms with Crippen LogP contribution in [0.2, 0.25) is 0 Å². The maximum Gasteiger partial charge on any atom is 0.176 e. The molecule has 1 aliphatic rings. The van der Waals surface area contributed by atoms with Crippen molar-refractivity contribution in [2.24, 2.45) is 7.05 Å². The second-order valence-corrected chi connectivity index (χ2v) is 7.63. The molecule has 3 heterocycles. The maximum atomic E-state index is 5.84. The number of aromatic nitrogens is 4. The lowest BCUT2D eigenvalue weighted by atomic mass is 9.94. The number of hydrogen-bond acceptors (Lipinski definition) is 5. The van der Waals surface area contributed by atoms with Crippen LogP contribution in [0.3, 0.4) is 0 Å². The van der Waals surface area contributed by atoms with Gasteiger partial charge in [0.1, 0.15) is 11.3 Å². The highest BCUT2D eigenvalue weighted by Gasteiger charge is 2.26. The summed E-state index contributed by atoms with van der Waals surface area (Å²) < 4.78 is 7.69. The van der Waals surface area contributed by atoms with Gasteiger partial charge in [0.25, 0.3) is 0 Å². The fraction of sp³-hybridized carbons (Fsp3) is 0.476. The third-order valence-electron chi connectivity index (χ3n) is 5.05.